The number of anilines is 1. The Morgan fingerprint density at radius 2 is 1.77 bits per heavy atom. The molecule has 0 aliphatic carbocycles. The second-order valence-corrected chi connectivity index (χ2v) is 9.18. The molecule has 2 heterocycles. The van der Waals surface area contributed by atoms with Crippen LogP contribution in [0.2, 0.25) is 0 Å². The highest BCUT2D eigenvalue weighted by Gasteiger charge is 2.26. The Balaban J connectivity index is 1.46. The third-order valence-corrected chi connectivity index (χ3v) is 6.97. The summed E-state index contributed by atoms with van der Waals surface area (Å²) < 4.78 is 27.2. The molecule has 154 valence electrons. The summed E-state index contributed by atoms with van der Waals surface area (Å²) in [5.41, 5.74) is 1.97. The van der Waals surface area contributed by atoms with Crippen LogP contribution < -0.4 is 5.32 Å². The van der Waals surface area contributed by atoms with E-state index in [0.717, 1.165) is 30.2 Å². The minimum Gasteiger partial charge on any atom is -0.322 e. The number of nitrogens with zero attached hydrogens (tertiary/aromatic N) is 2. The number of benzene rings is 2. The number of fused-ring (bicyclic) bond motifs is 1. The van der Waals surface area contributed by atoms with Gasteiger partial charge in [0.25, 0.3) is 0 Å². The lowest BCUT2D eigenvalue weighted by molar-refractivity contribution is -0.111. The third-order valence-electron chi connectivity index (χ3n) is 5.08. The Hall–Kier alpha value is -3.03. The van der Waals surface area contributed by atoms with Crippen molar-refractivity contribution in [1.82, 2.24) is 9.29 Å². The number of amides is 1. The number of carbonyl (C=O) groups is 1. The second-order valence-electron chi connectivity index (χ2n) is 7.24. The first-order chi connectivity index (χ1) is 14.5. The van der Waals surface area contributed by atoms with Gasteiger partial charge in [-0.1, -0.05) is 36.8 Å². The van der Waals surface area contributed by atoms with Gasteiger partial charge >= 0.3 is 0 Å². The normalized spacial score (nSPS) is 15.5. The highest BCUT2D eigenvalue weighted by atomic mass is 32.2. The van der Waals surface area contributed by atoms with E-state index in [9.17, 15) is 13.2 Å². The number of para-hydroxylation sites is 1. The molecule has 7 heteroatoms. The van der Waals surface area contributed by atoms with Gasteiger partial charge in [-0.25, -0.2) is 13.4 Å². The smallest absolute Gasteiger partial charge is 0.248 e. The largest absolute Gasteiger partial charge is 0.322 e. The highest BCUT2D eigenvalue weighted by Crippen LogP contribution is 2.23. The number of hydrogen-bond acceptors (Lipinski definition) is 4. The maximum absolute atomic E-state index is 12.8. The molecule has 0 radical (unpaired) electrons. The summed E-state index contributed by atoms with van der Waals surface area (Å²) in [7, 11) is -3.54. The van der Waals surface area contributed by atoms with Crippen LogP contribution >= 0.6 is 0 Å². The average Bonchev–Trinajstić information content (AvgIpc) is 2.78. The van der Waals surface area contributed by atoms with E-state index in [2.05, 4.69) is 10.3 Å². The fourth-order valence-corrected chi connectivity index (χ4v) is 5.07. The zero-order valence-electron chi connectivity index (χ0n) is 16.5. The second kappa shape index (κ2) is 8.77. The average molecular weight is 422 g/mol. The van der Waals surface area contributed by atoms with E-state index >= 15 is 0 Å². The summed E-state index contributed by atoms with van der Waals surface area (Å²) in [6, 6.07) is 17.9. The molecule has 1 aliphatic heterocycles. The predicted octanol–water partition coefficient (Wildman–Crippen LogP) is 4.06. The molecule has 1 aromatic heterocycles. The van der Waals surface area contributed by atoms with Gasteiger partial charge in [-0.2, -0.15) is 4.31 Å². The molecule has 1 fully saturated rings. The van der Waals surface area contributed by atoms with E-state index in [1.807, 2.05) is 36.4 Å². The van der Waals surface area contributed by atoms with E-state index in [-0.39, 0.29) is 10.8 Å². The van der Waals surface area contributed by atoms with Crippen molar-refractivity contribution in [3.63, 3.8) is 0 Å². The van der Waals surface area contributed by atoms with Crippen LogP contribution in [0.4, 0.5) is 5.69 Å². The Bertz CT molecular complexity index is 1200. The fourth-order valence-electron chi connectivity index (χ4n) is 3.51. The summed E-state index contributed by atoms with van der Waals surface area (Å²) in [4.78, 5) is 17.0. The molecule has 1 amide bonds. The molecule has 0 spiro atoms. The first-order valence-electron chi connectivity index (χ1n) is 9.97. The van der Waals surface area contributed by atoms with E-state index in [1.54, 1.807) is 24.3 Å². The zero-order valence-corrected chi connectivity index (χ0v) is 17.3. The number of piperidine rings is 1. The molecule has 0 atom stereocenters. The summed E-state index contributed by atoms with van der Waals surface area (Å²) in [6.45, 7) is 1.08. The lowest BCUT2D eigenvalue weighted by Gasteiger charge is -2.26. The van der Waals surface area contributed by atoms with E-state index in [1.165, 1.54) is 16.4 Å². The Labute approximate surface area is 176 Å². The minimum absolute atomic E-state index is 0.197. The van der Waals surface area contributed by atoms with Crippen LogP contribution in [-0.2, 0) is 14.8 Å². The summed E-state index contributed by atoms with van der Waals surface area (Å²) >= 11 is 0. The molecule has 0 bridgehead atoms. The van der Waals surface area contributed by atoms with Gasteiger partial charge in [-0.15, -0.1) is 0 Å². The van der Waals surface area contributed by atoms with Gasteiger partial charge in [0.05, 0.1) is 16.1 Å². The van der Waals surface area contributed by atoms with Crippen molar-refractivity contribution in [2.45, 2.75) is 24.2 Å². The minimum atomic E-state index is -3.54. The van der Waals surface area contributed by atoms with Crippen molar-refractivity contribution < 1.29 is 13.2 Å². The topological polar surface area (TPSA) is 79.4 Å². The van der Waals surface area contributed by atoms with Crippen molar-refractivity contribution in [3.05, 3.63) is 72.4 Å². The van der Waals surface area contributed by atoms with Crippen LogP contribution in [0.3, 0.4) is 0 Å². The number of nitrogens with one attached hydrogen (secondary N) is 1. The van der Waals surface area contributed by atoms with Crippen molar-refractivity contribution >= 4 is 38.6 Å². The highest BCUT2D eigenvalue weighted by molar-refractivity contribution is 7.89. The van der Waals surface area contributed by atoms with Gasteiger partial charge in [-0.05, 0) is 49.2 Å². The molecule has 4 rings (SSSR count). The van der Waals surface area contributed by atoms with E-state index in [0.29, 0.717) is 24.5 Å². The monoisotopic (exact) mass is 421 g/mol. The maximum atomic E-state index is 12.8. The van der Waals surface area contributed by atoms with Gasteiger partial charge in [0.15, 0.2) is 0 Å². The fraction of sp³-hybridized carbons (Fsp3) is 0.217. The summed E-state index contributed by atoms with van der Waals surface area (Å²) in [5, 5.41) is 3.76. The van der Waals surface area contributed by atoms with Crippen molar-refractivity contribution in [2.75, 3.05) is 18.4 Å². The van der Waals surface area contributed by atoms with Gasteiger partial charge in [0.2, 0.25) is 15.9 Å². The number of rotatable bonds is 5. The molecule has 0 saturated carbocycles. The molecule has 1 saturated heterocycles. The van der Waals surface area contributed by atoms with Crippen LogP contribution in [0.25, 0.3) is 17.0 Å². The van der Waals surface area contributed by atoms with Crippen molar-refractivity contribution in [3.8, 4) is 0 Å². The Morgan fingerprint density at radius 1 is 0.967 bits per heavy atom. The molecule has 1 N–H and O–H groups in total. The first-order valence-corrected chi connectivity index (χ1v) is 11.4. The molecule has 0 unspecified atom stereocenters. The summed E-state index contributed by atoms with van der Waals surface area (Å²) in [5.74, 6) is -0.350. The lowest BCUT2D eigenvalue weighted by Crippen LogP contribution is -2.35. The quantitative estimate of drug-likeness (QED) is 0.630. The van der Waals surface area contributed by atoms with E-state index in [4.69, 9.17) is 0 Å². The van der Waals surface area contributed by atoms with Crippen LogP contribution in [0.5, 0.6) is 0 Å². The van der Waals surface area contributed by atoms with Crippen LogP contribution in [0, 0.1) is 0 Å². The number of pyridine rings is 1. The van der Waals surface area contributed by atoms with Gasteiger partial charge in [0, 0.05) is 30.2 Å². The molecule has 6 nitrogen and oxygen atoms in total. The van der Waals surface area contributed by atoms with Crippen molar-refractivity contribution in [2.24, 2.45) is 0 Å². The SMILES string of the molecule is O=C(/C=C/c1ccc2ccccc2n1)Nc1cccc(S(=O)(=O)N2CCCCC2)c1. The third kappa shape index (κ3) is 4.58. The van der Waals surface area contributed by atoms with Crippen LogP contribution in [0.1, 0.15) is 25.0 Å². The maximum Gasteiger partial charge on any atom is 0.248 e. The number of hydrogen-bond donors (Lipinski definition) is 1. The molecule has 1 aliphatic rings. The van der Waals surface area contributed by atoms with Crippen LogP contribution in [-0.4, -0.2) is 36.7 Å². The number of aromatic nitrogens is 1. The Morgan fingerprint density at radius 3 is 2.60 bits per heavy atom. The van der Waals surface area contributed by atoms with Gasteiger partial charge in [-0.3, -0.25) is 4.79 Å². The number of carbonyl (C=O) groups excluding carboxylic acids is 1. The molecule has 2 aromatic carbocycles. The van der Waals surface area contributed by atoms with Crippen molar-refractivity contribution in [1.29, 1.82) is 0 Å². The molecule has 3 aromatic rings. The molecular weight excluding hydrogens is 398 g/mol. The molecular formula is C23H23N3O3S. The predicted molar refractivity (Wildman–Crippen MR) is 118 cm³/mol. The van der Waals surface area contributed by atoms with Gasteiger partial charge < -0.3 is 5.32 Å². The first kappa shape index (κ1) is 20.3. The molecule has 30 heavy (non-hydrogen) atoms. The van der Waals surface area contributed by atoms with Crippen LogP contribution in [0.15, 0.2) is 71.6 Å². The standard InChI is InChI=1S/C23H23N3O3S/c27-23(14-13-19-12-11-18-7-2-3-10-22(18)24-19)25-20-8-6-9-21(17-20)30(28,29)26-15-4-1-5-16-26/h2-3,6-14,17H,1,4-5,15-16H2,(H,25,27)/b14-13+. The number of sulfonamides is 1. The van der Waals surface area contributed by atoms with Gasteiger partial charge in [0.1, 0.15) is 0 Å². The van der Waals surface area contributed by atoms with E-state index < -0.39 is 10.0 Å². The summed E-state index contributed by atoms with van der Waals surface area (Å²) in [6.07, 6.45) is 5.84. The Kier molecular flexibility index (Phi) is 5.92. The zero-order chi connectivity index (χ0) is 21.0. The lowest BCUT2D eigenvalue weighted by atomic mass is 10.2.